The molecule has 0 radical (unpaired) electrons. The highest BCUT2D eigenvalue weighted by molar-refractivity contribution is 5.90. The summed E-state index contributed by atoms with van der Waals surface area (Å²) in [4.78, 5) is 20.0. The van der Waals surface area contributed by atoms with Crippen LogP contribution in [0.3, 0.4) is 0 Å². The van der Waals surface area contributed by atoms with Gasteiger partial charge in [0, 0.05) is 49.0 Å². The van der Waals surface area contributed by atoms with E-state index in [-0.39, 0.29) is 0 Å². The van der Waals surface area contributed by atoms with Gasteiger partial charge in [-0.2, -0.15) is 5.10 Å². The number of carbonyl (C=O) groups is 1. The van der Waals surface area contributed by atoms with Crippen LogP contribution in [-0.4, -0.2) is 37.4 Å². The number of aromatic nitrogens is 4. The molecular weight excluding hydrogens is 330 g/mol. The first kappa shape index (κ1) is 16.3. The van der Waals surface area contributed by atoms with E-state index < -0.39 is 5.97 Å². The normalized spacial score (nSPS) is 12.3. The van der Waals surface area contributed by atoms with Gasteiger partial charge in [0.25, 0.3) is 0 Å². The largest absolute Gasteiger partial charge is 0.477 e. The van der Waals surface area contributed by atoms with Crippen LogP contribution in [-0.2, 0) is 19.4 Å². The number of nitrogens with zero attached hydrogens (tertiary/aromatic N) is 4. The fourth-order valence-electron chi connectivity index (χ4n) is 3.40. The lowest BCUT2D eigenvalue weighted by molar-refractivity contribution is 0.0681. The zero-order valence-electron chi connectivity index (χ0n) is 14.2. The van der Waals surface area contributed by atoms with Gasteiger partial charge in [0.2, 0.25) is 0 Å². The molecule has 26 heavy (non-hydrogen) atoms. The molecule has 0 aromatic carbocycles. The average Bonchev–Trinajstić information content (AvgIpc) is 3.05. The molecule has 4 rings (SSSR count). The maximum absolute atomic E-state index is 11.8. The number of anilines is 1. The molecule has 0 fully saturated rings. The van der Waals surface area contributed by atoms with Crippen LogP contribution in [0.15, 0.2) is 43.0 Å². The van der Waals surface area contributed by atoms with Crippen molar-refractivity contribution in [2.75, 3.05) is 11.9 Å². The molecule has 0 spiro atoms. The molecule has 1 aliphatic carbocycles. The summed E-state index contributed by atoms with van der Waals surface area (Å²) in [5, 5.41) is 17.6. The Bertz CT molecular complexity index is 936. The van der Waals surface area contributed by atoms with Gasteiger partial charge in [-0.1, -0.05) is 0 Å². The number of carboxylic acids is 1. The van der Waals surface area contributed by atoms with Crippen LogP contribution < -0.4 is 5.32 Å². The van der Waals surface area contributed by atoms with Crippen molar-refractivity contribution >= 4 is 11.7 Å². The van der Waals surface area contributed by atoms with Crippen molar-refractivity contribution < 1.29 is 9.90 Å². The highest BCUT2D eigenvalue weighted by atomic mass is 16.4. The van der Waals surface area contributed by atoms with Crippen LogP contribution in [0.1, 0.15) is 28.0 Å². The Labute approximate surface area is 150 Å². The van der Waals surface area contributed by atoms with Crippen molar-refractivity contribution in [2.24, 2.45) is 0 Å². The molecule has 0 aliphatic heterocycles. The Morgan fingerprint density at radius 3 is 2.88 bits per heavy atom. The third-order valence-corrected chi connectivity index (χ3v) is 4.59. The maximum atomic E-state index is 11.8. The SMILES string of the molecule is O=C(O)c1c2c(nn1CCCNc1cccnc1)-c1ccncc1CC2. The second kappa shape index (κ2) is 6.95. The van der Waals surface area contributed by atoms with Crippen LogP contribution in [0.25, 0.3) is 11.3 Å². The summed E-state index contributed by atoms with van der Waals surface area (Å²) < 4.78 is 1.63. The third kappa shape index (κ3) is 3.03. The van der Waals surface area contributed by atoms with Gasteiger partial charge in [-0.3, -0.25) is 14.6 Å². The van der Waals surface area contributed by atoms with Gasteiger partial charge in [0.15, 0.2) is 0 Å². The Kier molecular flexibility index (Phi) is 4.35. The zero-order chi connectivity index (χ0) is 17.9. The number of carboxylic acid groups (broad SMARTS) is 1. The molecule has 3 heterocycles. The summed E-state index contributed by atoms with van der Waals surface area (Å²) in [7, 11) is 0. The monoisotopic (exact) mass is 349 g/mol. The van der Waals surface area contributed by atoms with Gasteiger partial charge in [-0.05, 0) is 43.0 Å². The minimum Gasteiger partial charge on any atom is -0.477 e. The van der Waals surface area contributed by atoms with E-state index >= 15 is 0 Å². The molecule has 0 atom stereocenters. The van der Waals surface area contributed by atoms with Gasteiger partial charge in [-0.15, -0.1) is 0 Å². The van der Waals surface area contributed by atoms with E-state index in [1.807, 2.05) is 24.4 Å². The summed E-state index contributed by atoms with van der Waals surface area (Å²) in [6.07, 6.45) is 9.31. The molecule has 1 aliphatic rings. The van der Waals surface area contributed by atoms with Gasteiger partial charge in [-0.25, -0.2) is 4.79 Å². The zero-order valence-corrected chi connectivity index (χ0v) is 14.2. The predicted octanol–water partition coefficient (Wildman–Crippen LogP) is 2.64. The van der Waals surface area contributed by atoms with Crippen molar-refractivity contribution in [1.29, 1.82) is 0 Å². The molecule has 7 heteroatoms. The number of hydrogen-bond acceptors (Lipinski definition) is 5. The number of fused-ring (bicyclic) bond motifs is 3. The Balaban J connectivity index is 1.53. The van der Waals surface area contributed by atoms with Gasteiger partial charge < -0.3 is 10.4 Å². The number of aromatic carboxylic acids is 1. The molecule has 2 N–H and O–H groups in total. The fourth-order valence-corrected chi connectivity index (χ4v) is 3.40. The lowest BCUT2D eigenvalue weighted by Gasteiger charge is -2.14. The van der Waals surface area contributed by atoms with Crippen LogP contribution in [0.5, 0.6) is 0 Å². The van der Waals surface area contributed by atoms with Gasteiger partial charge in [0.05, 0.1) is 11.4 Å². The summed E-state index contributed by atoms with van der Waals surface area (Å²) >= 11 is 0. The number of pyridine rings is 2. The Morgan fingerprint density at radius 1 is 1.19 bits per heavy atom. The number of rotatable bonds is 6. The van der Waals surface area contributed by atoms with Crippen LogP contribution in [0.4, 0.5) is 5.69 Å². The highest BCUT2D eigenvalue weighted by Crippen LogP contribution is 2.34. The summed E-state index contributed by atoms with van der Waals surface area (Å²) in [6.45, 7) is 1.26. The average molecular weight is 349 g/mol. The Hall–Kier alpha value is -3.22. The molecule has 3 aromatic rings. The molecule has 3 aromatic heterocycles. The lowest BCUT2D eigenvalue weighted by Crippen LogP contribution is -2.14. The maximum Gasteiger partial charge on any atom is 0.354 e. The highest BCUT2D eigenvalue weighted by Gasteiger charge is 2.27. The van der Waals surface area contributed by atoms with E-state index in [4.69, 9.17) is 0 Å². The van der Waals surface area contributed by atoms with E-state index in [0.29, 0.717) is 18.7 Å². The minimum atomic E-state index is -0.920. The number of nitrogens with one attached hydrogen (secondary N) is 1. The number of hydrogen-bond donors (Lipinski definition) is 2. The second-order valence-corrected chi connectivity index (χ2v) is 6.26. The van der Waals surface area contributed by atoms with E-state index in [0.717, 1.165) is 47.5 Å². The number of aryl methyl sites for hydroxylation is 2. The molecule has 0 saturated carbocycles. The second-order valence-electron chi connectivity index (χ2n) is 6.26. The first-order valence-corrected chi connectivity index (χ1v) is 8.64. The van der Waals surface area contributed by atoms with Crippen molar-refractivity contribution in [3.63, 3.8) is 0 Å². The first-order valence-electron chi connectivity index (χ1n) is 8.64. The van der Waals surface area contributed by atoms with E-state index in [9.17, 15) is 9.90 Å². The smallest absolute Gasteiger partial charge is 0.354 e. The quantitative estimate of drug-likeness (QED) is 0.665. The standard InChI is InChI=1S/C19H19N5O2/c25-19(26)18-16-5-4-13-11-21-9-6-15(13)17(16)23-24(18)10-2-8-22-14-3-1-7-20-12-14/h1,3,6-7,9,11-12,22H,2,4-5,8,10H2,(H,25,26). The molecular formula is C19H19N5O2. The molecule has 0 saturated heterocycles. The first-order chi connectivity index (χ1) is 12.7. The summed E-state index contributed by atoms with van der Waals surface area (Å²) in [6, 6.07) is 5.74. The molecule has 0 bridgehead atoms. The van der Waals surface area contributed by atoms with E-state index in [1.165, 1.54) is 0 Å². The summed E-state index contributed by atoms with van der Waals surface area (Å²) in [5.74, 6) is -0.920. The topological polar surface area (TPSA) is 92.9 Å². The van der Waals surface area contributed by atoms with Crippen molar-refractivity contribution in [3.05, 3.63) is 59.8 Å². The van der Waals surface area contributed by atoms with Crippen LogP contribution in [0.2, 0.25) is 0 Å². The van der Waals surface area contributed by atoms with Crippen molar-refractivity contribution in [2.45, 2.75) is 25.8 Å². The minimum absolute atomic E-state index is 0.309. The van der Waals surface area contributed by atoms with Gasteiger partial charge in [0.1, 0.15) is 5.69 Å². The fraction of sp³-hybridized carbons (Fsp3) is 0.263. The third-order valence-electron chi connectivity index (χ3n) is 4.59. The summed E-state index contributed by atoms with van der Waals surface area (Å²) in [5.41, 5.74) is 4.99. The van der Waals surface area contributed by atoms with Crippen molar-refractivity contribution in [1.82, 2.24) is 19.7 Å². The van der Waals surface area contributed by atoms with E-state index in [2.05, 4.69) is 20.4 Å². The molecule has 0 unspecified atom stereocenters. The van der Waals surface area contributed by atoms with Gasteiger partial charge >= 0.3 is 5.97 Å². The van der Waals surface area contributed by atoms with Crippen LogP contribution in [0, 0.1) is 0 Å². The lowest BCUT2D eigenvalue weighted by atomic mass is 9.90. The molecule has 0 amide bonds. The van der Waals surface area contributed by atoms with E-state index in [1.54, 1.807) is 23.3 Å². The van der Waals surface area contributed by atoms with Crippen LogP contribution >= 0.6 is 0 Å². The molecule has 132 valence electrons. The molecule has 7 nitrogen and oxygen atoms in total. The predicted molar refractivity (Wildman–Crippen MR) is 97.2 cm³/mol. The Morgan fingerprint density at radius 2 is 2.08 bits per heavy atom. The van der Waals surface area contributed by atoms with Crippen molar-refractivity contribution in [3.8, 4) is 11.3 Å².